The van der Waals surface area contributed by atoms with Gasteiger partial charge in [-0.15, -0.1) is 11.3 Å². The Labute approximate surface area is 103 Å². The number of fused-ring (bicyclic) bond motifs is 1. The number of rotatable bonds is 3. The molecule has 2 aromatic heterocycles. The summed E-state index contributed by atoms with van der Waals surface area (Å²) in [6.45, 7) is 0.819. The molecule has 0 fully saturated rings. The number of anilines is 1. The fourth-order valence-corrected chi connectivity index (χ4v) is 2.52. The number of nitrogens with two attached hydrogens (primary N) is 1. The van der Waals surface area contributed by atoms with Gasteiger partial charge < -0.3 is 10.3 Å². The standard InChI is InChI=1S/C12H12N4S/c13-12-15-9-3-1-2-4-10(9)16(12)7-5-11-14-6-8-17-11/h1-4,6,8H,5,7H2,(H2,13,15). The van der Waals surface area contributed by atoms with Crippen molar-refractivity contribution in [2.75, 3.05) is 5.73 Å². The van der Waals surface area contributed by atoms with E-state index in [4.69, 9.17) is 5.73 Å². The first-order chi connectivity index (χ1) is 8.34. The van der Waals surface area contributed by atoms with Crippen molar-refractivity contribution < 1.29 is 0 Å². The molecule has 3 aromatic rings. The van der Waals surface area contributed by atoms with E-state index in [0.29, 0.717) is 5.95 Å². The highest BCUT2D eigenvalue weighted by atomic mass is 32.1. The zero-order valence-electron chi connectivity index (χ0n) is 9.21. The molecule has 0 radical (unpaired) electrons. The largest absolute Gasteiger partial charge is 0.369 e. The van der Waals surface area contributed by atoms with E-state index in [1.807, 2.05) is 40.4 Å². The highest BCUT2D eigenvalue weighted by molar-refractivity contribution is 7.09. The average molecular weight is 244 g/mol. The van der Waals surface area contributed by atoms with Gasteiger partial charge in [-0.3, -0.25) is 0 Å². The lowest BCUT2D eigenvalue weighted by atomic mass is 10.3. The Bertz CT molecular complexity index is 627. The molecule has 0 saturated heterocycles. The molecule has 1 aromatic carbocycles. The predicted molar refractivity (Wildman–Crippen MR) is 70.0 cm³/mol. The van der Waals surface area contributed by atoms with Crippen molar-refractivity contribution >= 4 is 28.3 Å². The van der Waals surface area contributed by atoms with Crippen LogP contribution in [0, 0.1) is 0 Å². The second-order valence-electron chi connectivity index (χ2n) is 3.79. The van der Waals surface area contributed by atoms with Gasteiger partial charge in [-0.05, 0) is 12.1 Å². The van der Waals surface area contributed by atoms with Gasteiger partial charge in [0.05, 0.1) is 16.0 Å². The van der Waals surface area contributed by atoms with Gasteiger partial charge in [0.25, 0.3) is 0 Å². The monoisotopic (exact) mass is 244 g/mol. The van der Waals surface area contributed by atoms with Crippen LogP contribution in [-0.2, 0) is 13.0 Å². The molecule has 4 nitrogen and oxygen atoms in total. The number of hydrogen-bond donors (Lipinski definition) is 1. The zero-order chi connectivity index (χ0) is 11.7. The van der Waals surface area contributed by atoms with Gasteiger partial charge in [0.15, 0.2) is 0 Å². The Morgan fingerprint density at radius 1 is 1.29 bits per heavy atom. The molecule has 86 valence electrons. The van der Waals surface area contributed by atoms with Crippen LogP contribution in [0.25, 0.3) is 11.0 Å². The second kappa shape index (κ2) is 4.18. The average Bonchev–Trinajstić information content (AvgIpc) is 2.93. The Kier molecular flexibility index (Phi) is 2.53. The lowest BCUT2D eigenvalue weighted by molar-refractivity contribution is 0.723. The van der Waals surface area contributed by atoms with Crippen LogP contribution in [0.1, 0.15) is 5.01 Å². The third-order valence-corrected chi connectivity index (χ3v) is 3.56. The maximum Gasteiger partial charge on any atom is 0.201 e. The van der Waals surface area contributed by atoms with Crippen LogP contribution in [0.4, 0.5) is 5.95 Å². The molecule has 0 aliphatic rings. The van der Waals surface area contributed by atoms with Gasteiger partial charge in [0.1, 0.15) is 0 Å². The molecule has 3 rings (SSSR count). The summed E-state index contributed by atoms with van der Waals surface area (Å²) in [6.07, 6.45) is 2.72. The zero-order valence-corrected chi connectivity index (χ0v) is 10.0. The van der Waals surface area contributed by atoms with Gasteiger partial charge in [-0.1, -0.05) is 12.1 Å². The van der Waals surface area contributed by atoms with E-state index >= 15 is 0 Å². The normalized spacial score (nSPS) is 11.1. The van der Waals surface area contributed by atoms with Gasteiger partial charge in [0.2, 0.25) is 5.95 Å². The number of aromatic nitrogens is 3. The fourth-order valence-electron chi connectivity index (χ4n) is 1.91. The van der Waals surface area contributed by atoms with E-state index in [0.717, 1.165) is 29.0 Å². The smallest absolute Gasteiger partial charge is 0.201 e. The van der Waals surface area contributed by atoms with Crippen LogP contribution < -0.4 is 5.73 Å². The minimum absolute atomic E-state index is 0.572. The summed E-state index contributed by atoms with van der Waals surface area (Å²) in [5.41, 5.74) is 7.96. The van der Waals surface area contributed by atoms with E-state index < -0.39 is 0 Å². The van der Waals surface area contributed by atoms with Crippen LogP contribution in [0.2, 0.25) is 0 Å². The van der Waals surface area contributed by atoms with E-state index in [9.17, 15) is 0 Å². The van der Waals surface area contributed by atoms with Crippen LogP contribution >= 0.6 is 11.3 Å². The molecule has 0 spiro atoms. The molecule has 2 heterocycles. The van der Waals surface area contributed by atoms with Crippen molar-refractivity contribution in [1.29, 1.82) is 0 Å². The molecule has 0 saturated carbocycles. The number of aryl methyl sites for hydroxylation is 2. The summed E-state index contributed by atoms with van der Waals surface area (Å²) in [5.74, 6) is 0.572. The lowest BCUT2D eigenvalue weighted by Gasteiger charge is -2.04. The molecule has 2 N–H and O–H groups in total. The highest BCUT2D eigenvalue weighted by Crippen LogP contribution is 2.18. The summed E-state index contributed by atoms with van der Waals surface area (Å²) < 4.78 is 2.04. The number of hydrogen-bond acceptors (Lipinski definition) is 4. The number of thiazole rings is 1. The lowest BCUT2D eigenvalue weighted by Crippen LogP contribution is -2.05. The first-order valence-corrected chi connectivity index (χ1v) is 6.31. The fraction of sp³-hybridized carbons (Fsp3) is 0.167. The van der Waals surface area contributed by atoms with Crippen molar-refractivity contribution in [2.45, 2.75) is 13.0 Å². The summed E-state index contributed by atoms with van der Waals surface area (Å²) in [7, 11) is 0. The number of imidazole rings is 1. The van der Waals surface area contributed by atoms with Gasteiger partial charge in [-0.25, -0.2) is 9.97 Å². The number of nitrogens with zero attached hydrogens (tertiary/aromatic N) is 3. The Morgan fingerprint density at radius 2 is 2.18 bits per heavy atom. The van der Waals surface area contributed by atoms with E-state index in [2.05, 4.69) is 9.97 Å². The number of nitrogen functional groups attached to an aromatic ring is 1. The summed E-state index contributed by atoms with van der Waals surface area (Å²) in [5, 5.41) is 3.12. The third-order valence-electron chi connectivity index (χ3n) is 2.72. The molecule has 0 amide bonds. The molecule has 0 aliphatic carbocycles. The van der Waals surface area contributed by atoms with Crippen LogP contribution in [0.15, 0.2) is 35.8 Å². The first-order valence-electron chi connectivity index (χ1n) is 5.44. The molecular weight excluding hydrogens is 232 g/mol. The molecule has 0 atom stereocenters. The van der Waals surface area contributed by atoms with Crippen LogP contribution in [0.5, 0.6) is 0 Å². The minimum Gasteiger partial charge on any atom is -0.369 e. The van der Waals surface area contributed by atoms with Crippen molar-refractivity contribution in [3.8, 4) is 0 Å². The van der Waals surface area contributed by atoms with Crippen molar-refractivity contribution in [2.24, 2.45) is 0 Å². The second-order valence-corrected chi connectivity index (χ2v) is 4.77. The first kappa shape index (κ1) is 10.3. The third kappa shape index (κ3) is 1.89. The number of benzene rings is 1. The summed E-state index contributed by atoms with van der Waals surface area (Å²) in [6, 6.07) is 8.00. The molecule has 17 heavy (non-hydrogen) atoms. The van der Waals surface area contributed by atoms with Crippen LogP contribution in [0.3, 0.4) is 0 Å². The molecular formula is C12H12N4S. The quantitative estimate of drug-likeness (QED) is 0.769. The van der Waals surface area contributed by atoms with Crippen molar-refractivity contribution in [3.05, 3.63) is 40.8 Å². The topological polar surface area (TPSA) is 56.7 Å². The van der Waals surface area contributed by atoms with E-state index in [1.54, 1.807) is 11.3 Å². The van der Waals surface area contributed by atoms with Gasteiger partial charge >= 0.3 is 0 Å². The summed E-state index contributed by atoms with van der Waals surface area (Å²) in [4.78, 5) is 8.61. The van der Waals surface area contributed by atoms with Crippen LogP contribution in [-0.4, -0.2) is 14.5 Å². The SMILES string of the molecule is Nc1nc2ccccc2n1CCc1nccs1. The molecule has 0 bridgehead atoms. The highest BCUT2D eigenvalue weighted by Gasteiger charge is 2.07. The maximum atomic E-state index is 5.93. The summed E-state index contributed by atoms with van der Waals surface area (Å²) >= 11 is 1.67. The van der Waals surface area contributed by atoms with Gasteiger partial charge in [-0.2, -0.15) is 0 Å². The molecule has 0 aliphatic heterocycles. The molecule has 5 heteroatoms. The van der Waals surface area contributed by atoms with Crippen molar-refractivity contribution in [1.82, 2.24) is 14.5 Å². The Hall–Kier alpha value is -1.88. The maximum absolute atomic E-state index is 5.93. The Morgan fingerprint density at radius 3 is 3.00 bits per heavy atom. The van der Waals surface area contributed by atoms with E-state index in [-0.39, 0.29) is 0 Å². The number of para-hydroxylation sites is 2. The minimum atomic E-state index is 0.572. The van der Waals surface area contributed by atoms with Crippen molar-refractivity contribution in [3.63, 3.8) is 0 Å². The Balaban J connectivity index is 1.92. The van der Waals surface area contributed by atoms with Gasteiger partial charge in [0, 0.05) is 24.5 Å². The molecule has 0 unspecified atom stereocenters. The predicted octanol–water partition coefficient (Wildman–Crippen LogP) is 2.32. The van der Waals surface area contributed by atoms with E-state index in [1.165, 1.54) is 0 Å².